The average Bonchev–Trinajstić information content (AvgIpc) is 3.50. The van der Waals surface area contributed by atoms with E-state index in [1.807, 2.05) is 29.2 Å². The number of alkyl halides is 4. The molecule has 2 aromatic carbocycles. The van der Waals surface area contributed by atoms with Crippen LogP contribution in [0.3, 0.4) is 0 Å². The first-order chi connectivity index (χ1) is 20.0. The molecule has 3 heterocycles. The first-order valence-electron chi connectivity index (χ1n) is 14.2. The van der Waals surface area contributed by atoms with Crippen molar-refractivity contribution in [2.24, 2.45) is 0 Å². The zero-order valence-electron chi connectivity index (χ0n) is 23.4. The largest absolute Gasteiger partial charge is 0.478 e. The van der Waals surface area contributed by atoms with Crippen molar-refractivity contribution in [3.8, 4) is 11.1 Å². The van der Waals surface area contributed by atoms with E-state index < -0.39 is 35.1 Å². The Morgan fingerprint density at radius 1 is 1.02 bits per heavy atom. The van der Waals surface area contributed by atoms with Crippen LogP contribution < -0.4 is 9.80 Å². The van der Waals surface area contributed by atoms with Crippen molar-refractivity contribution in [1.29, 1.82) is 0 Å². The van der Waals surface area contributed by atoms with Gasteiger partial charge in [0.15, 0.2) is 5.69 Å². The van der Waals surface area contributed by atoms with Crippen molar-refractivity contribution >= 4 is 41.4 Å². The van der Waals surface area contributed by atoms with E-state index in [0.717, 1.165) is 59.6 Å². The van der Waals surface area contributed by atoms with Gasteiger partial charge >= 0.3 is 12.1 Å². The predicted molar refractivity (Wildman–Crippen MR) is 161 cm³/mol. The molecular formula is C30H33Cl2F4N5O2. The highest BCUT2D eigenvalue weighted by Gasteiger charge is 2.45. The lowest BCUT2D eigenvalue weighted by atomic mass is 9.99. The number of carboxylic acids is 1. The number of carboxylic acid groups (broad SMARTS) is 1. The molecule has 1 unspecified atom stereocenters. The third kappa shape index (κ3) is 6.73. The highest BCUT2D eigenvalue weighted by molar-refractivity contribution is 6.31. The zero-order valence-corrected chi connectivity index (χ0v) is 24.9. The van der Waals surface area contributed by atoms with Gasteiger partial charge in [0.1, 0.15) is 11.2 Å². The van der Waals surface area contributed by atoms with Gasteiger partial charge in [-0.3, -0.25) is 9.58 Å². The Morgan fingerprint density at radius 2 is 1.72 bits per heavy atom. The summed E-state index contributed by atoms with van der Waals surface area (Å²) in [6.07, 6.45) is -1.70. The first-order valence-corrected chi connectivity index (χ1v) is 14.6. The highest BCUT2D eigenvalue weighted by atomic mass is 35.5. The Balaban J connectivity index is 0.00000368. The summed E-state index contributed by atoms with van der Waals surface area (Å²) >= 11 is 6.39. The number of carbonyl (C=O) groups is 1. The molecule has 0 radical (unpaired) electrons. The van der Waals surface area contributed by atoms with Gasteiger partial charge in [-0.1, -0.05) is 29.8 Å². The Labute approximate surface area is 258 Å². The van der Waals surface area contributed by atoms with Gasteiger partial charge in [-0.05, 0) is 55.5 Å². The Morgan fingerprint density at radius 3 is 2.35 bits per heavy atom. The predicted octanol–water partition coefficient (Wildman–Crippen LogP) is 6.81. The summed E-state index contributed by atoms with van der Waals surface area (Å²) in [4.78, 5) is 18.0. The number of aromatic carboxylic acids is 1. The third-order valence-electron chi connectivity index (χ3n) is 8.55. The zero-order chi connectivity index (χ0) is 29.6. The van der Waals surface area contributed by atoms with Crippen molar-refractivity contribution in [2.75, 3.05) is 55.6 Å². The SMILES string of the molecule is Cl.O=C(O)c1cnn(C2CCCN(c3cc(Cl)ccc3-c3ccc(N4CCN(CC5(F)CC5)CC4)cc3)C2)c1C(F)(F)F. The number of aromatic nitrogens is 2. The number of halogens is 6. The topological polar surface area (TPSA) is 64.8 Å². The van der Waals surface area contributed by atoms with Crippen molar-refractivity contribution < 1.29 is 27.5 Å². The van der Waals surface area contributed by atoms with Crippen LogP contribution in [0.2, 0.25) is 5.02 Å². The molecule has 2 aliphatic heterocycles. The number of piperazine rings is 1. The summed E-state index contributed by atoms with van der Waals surface area (Å²) in [7, 11) is 0. The minimum absolute atomic E-state index is 0. The maximum Gasteiger partial charge on any atom is 0.433 e. The lowest BCUT2D eigenvalue weighted by molar-refractivity contribution is -0.145. The second-order valence-corrected chi connectivity index (χ2v) is 12.0. The standard InChI is InChI=1S/C30H32ClF4N5O2.ClH/c31-21-5-8-24(20-3-6-22(7-4-20)38-14-12-37(13-15-38)19-29(32)9-10-29)26(16-21)39-11-1-2-23(18-39)40-27(30(33,34)35)25(17-36-40)28(41)42;/h3-8,16-17,23H,1-2,9-15,18-19H2,(H,41,42);1H. The van der Waals surface area contributed by atoms with E-state index in [9.17, 15) is 27.5 Å². The van der Waals surface area contributed by atoms with Gasteiger partial charge in [0.2, 0.25) is 0 Å². The van der Waals surface area contributed by atoms with Crippen LogP contribution in [0.15, 0.2) is 48.7 Å². The Kier molecular flexibility index (Phi) is 8.89. The fraction of sp³-hybridized carbons (Fsp3) is 0.467. The van der Waals surface area contributed by atoms with Crippen LogP contribution in [-0.2, 0) is 6.18 Å². The molecule has 3 fully saturated rings. The molecule has 3 aromatic rings. The van der Waals surface area contributed by atoms with E-state index >= 15 is 0 Å². The molecule has 1 aromatic heterocycles. The van der Waals surface area contributed by atoms with E-state index in [2.05, 4.69) is 27.0 Å². The quantitative estimate of drug-likeness (QED) is 0.286. The van der Waals surface area contributed by atoms with Crippen LogP contribution in [0.4, 0.5) is 28.9 Å². The van der Waals surface area contributed by atoms with Crippen LogP contribution in [0, 0.1) is 0 Å². The minimum atomic E-state index is -4.85. The molecule has 7 nitrogen and oxygen atoms in total. The smallest absolute Gasteiger partial charge is 0.433 e. The van der Waals surface area contributed by atoms with Gasteiger partial charge in [0.05, 0.1) is 12.2 Å². The van der Waals surface area contributed by atoms with Crippen molar-refractivity contribution in [2.45, 2.75) is 43.6 Å². The van der Waals surface area contributed by atoms with Crippen molar-refractivity contribution in [3.63, 3.8) is 0 Å². The molecule has 1 aliphatic carbocycles. The molecule has 1 atom stereocenters. The third-order valence-corrected chi connectivity index (χ3v) is 8.79. The van der Waals surface area contributed by atoms with Crippen LogP contribution in [0.25, 0.3) is 11.1 Å². The fourth-order valence-corrected chi connectivity index (χ4v) is 6.34. The van der Waals surface area contributed by atoms with Crippen LogP contribution >= 0.6 is 24.0 Å². The summed E-state index contributed by atoms with van der Waals surface area (Å²) in [5.74, 6) is -1.66. The second kappa shape index (κ2) is 12.2. The van der Waals surface area contributed by atoms with Crippen LogP contribution in [0.5, 0.6) is 0 Å². The summed E-state index contributed by atoms with van der Waals surface area (Å²) < 4.78 is 56.7. The monoisotopic (exact) mass is 641 g/mol. The molecule has 232 valence electrons. The van der Waals surface area contributed by atoms with E-state index in [-0.39, 0.29) is 19.0 Å². The number of hydrogen-bond acceptors (Lipinski definition) is 5. The Bertz CT molecular complexity index is 1450. The Hall–Kier alpha value is -3.02. The first kappa shape index (κ1) is 31.4. The molecular weight excluding hydrogens is 609 g/mol. The van der Waals surface area contributed by atoms with E-state index in [0.29, 0.717) is 43.8 Å². The minimum Gasteiger partial charge on any atom is -0.478 e. The maximum atomic E-state index is 14.2. The molecule has 0 amide bonds. The molecule has 3 aliphatic rings. The second-order valence-electron chi connectivity index (χ2n) is 11.5. The van der Waals surface area contributed by atoms with Gasteiger partial charge in [-0.2, -0.15) is 18.3 Å². The van der Waals surface area contributed by atoms with Crippen molar-refractivity contribution in [1.82, 2.24) is 14.7 Å². The van der Waals surface area contributed by atoms with Gasteiger partial charge in [0, 0.05) is 67.8 Å². The molecule has 43 heavy (non-hydrogen) atoms. The highest BCUT2D eigenvalue weighted by Crippen LogP contribution is 2.41. The van der Waals surface area contributed by atoms with Crippen LogP contribution in [-0.4, -0.2) is 77.2 Å². The number of rotatable bonds is 7. The molecule has 13 heteroatoms. The number of nitrogens with zero attached hydrogens (tertiary/aromatic N) is 5. The van der Waals surface area contributed by atoms with Gasteiger partial charge in [-0.25, -0.2) is 9.18 Å². The molecule has 0 bridgehead atoms. The molecule has 0 spiro atoms. The summed E-state index contributed by atoms with van der Waals surface area (Å²) in [6, 6.07) is 13.1. The number of piperidine rings is 1. The van der Waals surface area contributed by atoms with Crippen molar-refractivity contribution in [3.05, 3.63) is 64.9 Å². The lowest BCUT2D eigenvalue weighted by Crippen LogP contribution is -2.48. The lowest BCUT2D eigenvalue weighted by Gasteiger charge is -2.37. The maximum absolute atomic E-state index is 14.2. The number of anilines is 2. The fourth-order valence-electron chi connectivity index (χ4n) is 6.17. The normalized spacial score (nSPS) is 20.5. The molecule has 1 saturated carbocycles. The van der Waals surface area contributed by atoms with E-state index in [4.69, 9.17) is 11.6 Å². The van der Waals surface area contributed by atoms with Gasteiger partial charge in [-0.15, -0.1) is 12.4 Å². The summed E-state index contributed by atoms with van der Waals surface area (Å²) in [6.45, 7) is 4.66. The van der Waals surface area contributed by atoms with Gasteiger partial charge in [0.25, 0.3) is 0 Å². The number of benzene rings is 2. The van der Waals surface area contributed by atoms with E-state index in [1.54, 1.807) is 6.07 Å². The molecule has 6 rings (SSSR count). The van der Waals surface area contributed by atoms with Crippen LogP contribution in [0.1, 0.15) is 47.8 Å². The number of hydrogen-bond donors (Lipinski definition) is 1. The van der Waals surface area contributed by atoms with Gasteiger partial charge < -0.3 is 14.9 Å². The van der Waals surface area contributed by atoms with E-state index in [1.165, 1.54) is 0 Å². The molecule has 2 saturated heterocycles. The average molecular weight is 643 g/mol. The summed E-state index contributed by atoms with van der Waals surface area (Å²) in [5.41, 5.74) is 0.669. The summed E-state index contributed by atoms with van der Waals surface area (Å²) in [5, 5.41) is 13.7. The molecule has 1 N–H and O–H groups in total.